The molecule has 0 aliphatic rings. The van der Waals surface area contributed by atoms with Gasteiger partial charge in [0.25, 0.3) is 0 Å². The van der Waals surface area contributed by atoms with Crippen LogP contribution in [0.1, 0.15) is 46.6 Å². The van der Waals surface area contributed by atoms with Crippen molar-refractivity contribution in [3.05, 3.63) is 133 Å². The summed E-state index contributed by atoms with van der Waals surface area (Å²) in [4.78, 5) is 0. The Morgan fingerprint density at radius 3 is 0.844 bits per heavy atom. The Hall–Kier alpha value is -3.04. The number of rotatable bonds is 18. The van der Waals surface area contributed by atoms with Crippen LogP contribution in [0.3, 0.4) is 0 Å². The number of para-hydroxylation sites is 4. The summed E-state index contributed by atoms with van der Waals surface area (Å²) in [5, 5.41) is 5.09. The van der Waals surface area contributed by atoms with Crippen LogP contribution in [-0.2, 0) is 13.1 Å². The third-order valence-corrected chi connectivity index (χ3v) is 13.8. The molecule has 35 heteroatoms. The van der Waals surface area contributed by atoms with Gasteiger partial charge in [0.2, 0.25) is 0 Å². The molecule has 77 heavy (non-hydrogen) atoms. The zero-order valence-corrected chi connectivity index (χ0v) is 44.7. The van der Waals surface area contributed by atoms with Crippen molar-refractivity contribution in [2.24, 2.45) is 0 Å². The van der Waals surface area contributed by atoms with Gasteiger partial charge in [0, 0.05) is 278 Å². The number of hydrogen-bond acceptors (Lipinski definition) is 0. The van der Waals surface area contributed by atoms with E-state index in [9.17, 15) is 0 Å². The number of terminal acetylenes is 2. The van der Waals surface area contributed by atoms with E-state index >= 15 is 0 Å². The average molecular weight is 934 g/mol. The minimum absolute atomic E-state index is 0. The molecule has 35 radical (unpaired) electrons. The Balaban J connectivity index is 0.000000380. The smallest absolute Gasteiger partial charge is 0.0841 e. The van der Waals surface area contributed by atoms with Gasteiger partial charge in [0.1, 0.15) is 0 Å². The molecule has 0 aliphatic heterocycles. The maximum absolute atomic E-state index is 6.21. The minimum Gasteiger partial charge on any atom is -0.329 e. The summed E-state index contributed by atoms with van der Waals surface area (Å²) in [6.45, 7) is 9.65. The largest absolute Gasteiger partial charge is 0.329 e. The molecule has 0 saturated heterocycles. The van der Waals surface area contributed by atoms with Gasteiger partial charge >= 0.3 is 0 Å². The Morgan fingerprint density at radius 1 is 0.390 bits per heavy atom. The second-order valence-electron chi connectivity index (χ2n) is 19.1. The highest BCUT2D eigenvalue weighted by Gasteiger charge is 2.53. The first-order chi connectivity index (χ1) is 36.2. The monoisotopic (exact) mass is 940 g/mol. The lowest BCUT2D eigenvalue weighted by atomic mass is 8.30. The van der Waals surface area contributed by atoms with Crippen molar-refractivity contribution in [3.63, 3.8) is 0 Å². The predicted molar refractivity (Wildman–Crippen MR) is 385 cm³/mol. The molecular formula is C42H44B33N2. The summed E-state index contributed by atoms with van der Waals surface area (Å²) in [7, 11) is 105. The van der Waals surface area contributed by atoms with Crippen molar-refractivity contribution in [1.82, 2.24) is 9.13 Å². The molecule has 0 amide bonds. The van der Waals surface area contributed by atoms with E-state index in [0.29, 0.717) is 19.0 Å². The van der Waals surface area contributed by atoms with E-state index in [0.717, 1.165) is 0 Å². The highest BCUT2D eigenvalue weighted by Crippen LogP contribution is 2.29. The summed E-state index contributed by atoms with van der Waals surface area (Å²) in [6.07, 6.45) is -3.94. The van der Waals surface area contributed by atoms with E-state index in [2.05, 4.69) is 132 Å². The van der Waals surface area contributed by atoms with Crippen LogP contribution in [0.2, 0.25) is 0 Å². The molecule has 0 aliphatic carbocycles. The quantitative estimate of drug-likeness (QED) is 0.0755. The topological polar surface area (TPSA) is 9.86 Å². The van der Waals surface area contributed by atoms with E-state index < -0.39 is 95.8 Å². The van der Waals surface area contributed by atoms with Crippen molar-refractivity contribution in [2.45, 2.75) is 54.1 Å². The summed E-state index contributed by atoms with van der Waals surface area (Å²) in [5.74, 6) is 6.09. The highest BCUT2D eigenvalue weighted by molar-refractivity contribution is 8.29. The maximum Gasteiger partial charge on any atom is 0.0841 e. The van der Waals surface area contributed by atoms with Crippen LogP contribution in [0.25, 0.3) is 43.6 Å². The van der Waals surface area contributed by atoms with Crippen LogP contribution < -0.4 is 0 Å². The number of aromatic nitrogens is 2. The van der Waals surface area contributed by atoms with Crippen molar-refractivity contribution in [2.75, 3.05) is 0 Å². The van der Waals surface area contributed by atoms with E-state index in [1.54, 1.807) is 0 Å². The lowest BCUT2D eigenvalue weighted by molar-refractivity contribution is 0.867. The molecule has 0 fully saturated rings. The van der Waals surface area contributed by atoms with Crippen molar-refractivity contribution in [1.29, 1.82) is 0 Å². The molecule has 2 aromatic heterocycles. The first kappa shape index (κ1) is 70.1. The fraction of sp³-hybridized carbons (Fsp3) is 0.190. The number of benzene rings is 5. The zero-order valence-electron chi connectivity index (χ0n) is 44.7. The summed E-state index contributed by atoms with van der Waals surface area (Å²) in [6, 6.07) is 44.0. The third-order valence-electron chi connectivity index (χ3n) is 13.8. The van der Waals surface area contributed by atoms with Crippen LogP contribution in [0.4, 0.5) is 0 Å². The maximum atomic E-state index is 6.21. The van der Waals surface area contributed by atoms with E-state index in [1.165, 1.54) is 56.2 Å². The normalized spacial score (nSPS) is 9.75. The zero-order chi connectivity index (χ0) is 57.0. The van der Waals surface area contributed by atoms with Gasteiger partial charge in [0.15, 0.2) is 0 Å². The van der Waals surface area contributed by atoms with Gasteiger partial charge < -0.3 is 9.13 Å². The molecule has 2 heterocycles. The fourth-order valence-corrected chi connectivity index (χ4v) is 10.5. The number of fused-ring (bicyclic) bond motifs is 6. The van der Waals surface area contributed by atoms with Gasteiger partial charge in [0.05, 0.1) is 13.1 Å². The molecule has 0 N–H and O–H groups in total. The summed E-state index contributed by atoms with van der Waals surface area (Å²) >= 11 is 0. The van der Waals surface area contributed by atoms with Crippen molar-refractivity contribution in [3.8, 4) is 24.7 Å². The van der Waals surface area contributed by atoms with Gasteiger partial charge in [-0.2, -0.15) is 0 Å². The van der Waals surface area contributed by atoms with Crippen LogP contribution in [0.5, 0.6) is 0 Å². The lowest BCUT2D eigenvalue weighted by Gasteiger charge is -2.51. The first-order valence-corrected chi connectivity index (χ1v) is 25.6. The molecule has 7 rings (SSSR count). The van der Waals surface area contributed by atoms with Gasteiger partial charge in [-0.25, -0.2) is 0 Å². The van der Waals surface area contributed by atoms with Gasteiger partial charge in [-0.1, -0.05) is 150 Å². The van der Waals surface area contributed by atoms with Crippen molar-refractivity contribution >= 4 is 278 Å². The average Bonchev–Trinajstić information content (AvgIpc) is 3.87. The highest BCUT2D eigenvalue weighted by atomic mass is 15.0. The van der Waals surface area contributed by atoms with Crippen LogP contribution in [-0.4, -0.2) is 244 Å². The molecule has 321 valence electrons. The fourth-order valence-electron chi connectivity index (χ4n) is 10.5. The summed E-state index contributed by atoms with van der Waals surface area (Å²) < 4.78 is 4.37. The Bertz CT molecular complexity index is 2590. The lowest BCUT2D eigenvalue weighted by Crippen LogP contribution is -2.89. The minimum atomic E-state index is -1.10. The molecule has 0 atom stereocenters. The van der Waals surface area contributed by atoms with Gasteiger partial charge in [-0.15, -0.1) is 12.8 Å². The Labute approximate surface area is 495 Å². The van der Waals surface area contributed by atoms with Gasteiger partial charge in [-0.05, 0) is 35.7 Å². The molecule has 0 saturated carbocycles. The first-order valence-electron chi connectivity index (χ1n) is 25.6. The molecule has 0 unspecified atom stereocenters. The van der Waals surface area contributed by atoms with Crippen LogP contribution in [0, 0.1) is 24.7 Å². The molecule has 2 nitrogen and oxygen atoms in total. The van der Waals surface area contributed by atoms with E-state index in [1.807, 2.05) is 44.2 Å². The van der Waals surface area contributed by atoms with Crippen molar-refractivity contribution < 1.29 is 0 Å². The van der Waals surface area contributed by atoms with E-state index in [-0.39, 0.29) is 7.43 Å². The molecule has 0 spiro atoms. The molecule has 5 aromatic carbocycles. The number of nitrogens with zero attached hydrogens (tertiary/aromatic N) is 2. The Morgan fingerprint density at radius 2 is 0.636 bits per heavy atom. The SMILES string of the molecule is C.C#CCn1c2ccccc2c2ccccc21.C#CCn1c2ccccc2c2ccccc21.CC.CC(C)c1ccccc1.[B][B]B(B([B])[B])B(B([B])[B])B(B(B([B])[B])B([B])[B])B(B(B([B])[B])B([B])[B])B(B([B])[B])B([B])[B]. The van der Waals surface area contributed by atoms with Crippen LogP contribution in [0.15, 0.2) is 127 Å². The standard InChI is InChI=1S/2C15H11N.C9H12.C2H6.CH4.B33/c2*1-2-11-16-14-9-5-3-7-12(14)13-8-4-6-10-15(13)16;1-8(2)9-6-4-3-5-7-9;1-2;;1-18-27(19(2)3)31(26(16)17)33(30(24(12)13)25(14)15)32(28(20(4)5)21(6)7)29(22(8)9)23(10)11/h2*1,3-10H,11H2;3-8H,1-2H3;1-2H3;1H4;. The Kier molecular flexibility index (Phi) is 31.8. The molecule has 0 bridgehead atoms. The second kappa shape index (κ2) is 35.0. The van der Waals surface area contributed by atoms with Crippen LogP contribution >= 0.6 is 0 Å². The van der Waals surface area contributed by atoms with Gasteiger partial charge in [-0.3, -0.25) is 0 Å². The molecular weight excluding hydrogens is 889 g/mol. The predicted octanol–water partition coefficient (Wildman–Crippen LogP) is -1.24. The third kappa shape index (κ3) is 18.5. The summed E-state index contributed by atoms with van der Waals surface area (Å²) in [5.41, 5.74) is 6.25. The van der Waals surface area contributed by atoms with E-state index in [4.69, 9.17) is 144 Å². The second-order valence-corrected chi connectivity index (χ2v) is 19.1. The molecule has 7 aromatic rings. The number of hydrogen-bond donors (Lipinski definition) is 0.